The largest absolute Gasteiger partial charge is 0.497 e. The van der Waals surface area contributed by atoms with Gasteiger partial charge < -0.3 is 9.72 Å². The van der Waals surface area contributed by atoms with E-state index in [0.717, 1.165) is 27.9 Å². The molecule has 0 radical (unpaired) electrons. The maximum atomic E-state index is 12.4. The Bertz CT molecular complexity index is 1200. The quantitative estimate of drug-likeness (QED) is 0.375. The minimum atomic E-state index is -0.311. The van der Waals surface area contributed by atoms with Crippen LogP contribution in [-0.2, 0) is 0 Å². The van der Waals surface area contributed by atoms with Gasteiger partial charge in [0.15, 0.2) is 0 Å². The fourth-order valence-corrected chi connectivity index (χ4v) is 2.97. The van der Waals surface area contributed by atoms with E-state index in [2.05, 4.69) is 20.5 Å². The summed E-state index contributed by atoms with van der Waals surface area (Å²) in [4.78, 5) is 20.2. The Morgan fingerprint density at radius 2 is 1.97 bits per heavy atom. The molecule has 1 aromatic heterocycles. The van der Waals surface area contributed by atoms with Gasteiger partial charge in [-0.05, 0) is 60.2 Å². The van der Waals surface area contributed by atoms with E-state index >= 15 is 0 Å². The first kappa shape index (κ1) is 18.7. The summed E-state index contributed by atoms with van der Waals surface area (Å²) in [5, 5.41) is 4.68. The number of carbonyl (C=O) groups excluding carboxylic acids is 1. The molecule has 0 aliphatic rings. The zero-order valence-corrected chi connectivity index (χ0v) is 16.3. The highest BCUT2D eigenvalue weighted by molar-refractivity contribution is 6.30. The first-order valence-electron chi connectivity index (χ1n) is 8.85. The Hall–Kier alpha value is -3.64. The number of rotatable bonds is 5. The van der Waals surface area contributed by atoms with Gasteiger partial charge in [-0.25, -0.2) is 10.4 Å². The molecule has 0 atom stereocenters. The molecule has 0 aliphatic heterocycles. The summed E-state index contributed by atoms with van der Waals surface area (Å²) in [5.41, 5.74) is 6.28. The van der Waals surface area contributed by atoms with Crippen LogP contribution < -0.4 is 10.2 Å². The maximum Gasteiger partial charge on any atom is 0.271 e. The SMILES string of the molecule is COc1cccc(/C=N/NC(=O)c2ccc3nc(-c4ccc(Cl)cc4)[nH]c3c2)c1. The van der Waals surface area contributed by atoms with E-state index in [0.29, 0.717) is 16.4 Å². The average molecular weight is 405 g/mol. The molecule has 3 aromatic carbocycles. The zero-order valence-electron chi connectivity index (χ0n) is 15.5. The van der Waals surface area contributed by atoms with Crippen molar-refractivity contribution in [1.82, 2.24) is 15.4 Å². The molecule has 144 valence electrons. The third kappa shape index (κ3) is 4.28. The number of nitrogens with zero attached hydrogens (tertiary/aromatic N) is 2. The van der Waals surface area contributed by atoms with Crippen LogP contribution >= 0.6 is 11.6 Å². The summed E-state index contributed by atoms with van der Waals surface area (Å²) in [6, 6.07) is 20.0. The highest BCUT2D eigenvalue weighted by Crippen LogP contribution is 2.23. The monoisotopic (exact) mass is 404 g/mol. The van der Waals surface area contributed by atoms with E-state index in [9.17, 15) is 4.79 Å². The van der Waals surface area contributed by atoms with Crippen LogP contribution in [0.3, 0.4) is 0 Å². The molecule has 0 bridgehead atoms. The van der Waals surface area contributed by atoms with E-state index in [-0.39, 0.29) is 5.91 Å². The summed E-state index contributed by atoms with van der Waals surface area (Å²) in [6.45, 7) is 0. The van der Waals surface area contributed by atoms with Crippen molar-refractivity contribution in [3.63, 3.8) is 0 Å². The van der Waals surface area contributed by atoms with Crippen molar-refractivity contribution in [3.8, 4) is 17.1 Å². The van der Waals surface area contributed by atoms with Gasteiger partial charge in [0.25, 0.3) is 5.91 Å². The fourth-order valence-electron chi connectivity index (χ4n) is 2.85. The lowest BCUT2D eigenvalue weighted by molar-refractivity contribution is 0.0955. The molecular formula is C22H17ClN4O2. The lowest BCUT2D eigenvalue weighted by Gasteiger charge is -2.01. The minimum Gasteiger partial charge on any atom is -0.497 e. The van der Waals surface area contributed by atoms with Gasteiger partial charge in [0.2, 0.25) is 0 Å². The lowest BCUT2D eigenvalue weighted by atomic mass is 10.2. The Morgan fingerprint density at radius 1 is 1.14 bits per heavy atom. The van der Waals surface area contributed by atoms with Gasteiger partial charge >= 0.3 is 0 Å². The van der Waals surface area contributed by atoms with E-state index in [1.54, 1.807) is 31.5 Å². The predicted molar refractivity (Wildman–Crippen MR) is 115 cm³/mol. The molecule has 7 heteroatoms. The van der Waals surface area contributed by atoms with Crippen LogP contribution in [0.1, 0.15) is 15.9 Å². The van der Waals surface area contributed by atoms with Gasteiger partial charge in [0, 0.05) is 16.1 Å². The molecule has 1 heterocycles. The molecule has 6 nitrogen and oxygen atoms in total. The number of H-pyrrole nitrogens is 1. The summed E-state index contributed by atoms with van der Waals surface area (Å²) in [5.74, 6) is 1.13. The van der Waals surface area contributed by atoms with Crippen molar-refractivity contribution in [1.29, 1.82) is 0 Å². The number of carbonyl (C=O) groups is 1. The smallest absolute Gasteiger partial charge is 0.271 e. The van der Waals surface area contributed by atoms with Crippen molar-refractivity contribution in [2.45, 2.75) is 0 Å². The van der Waals surface area contributed by atoms with Gasteiger partial charge in [0.05, 0.1) is 24.4 Å². The number of aromatic amines is 1. The standard InChI is InChI=1S/C22H17ClN4O2/c1-29-18-4-2-3-14(11-18)13-24-27-22(28)16-7-10-19-20(12-16)26-21(25-19)15-5-8-17(23)9-6-15/h2-13H,1H3,(H,25,26)(H,27,28)/b24-13+. The second kappa shape index (κ2) is 8.16. The van der Waals surface area contributed by atoms with Crippen molar-refractivity contribution in [2.24, 2.45) is 5.10 Å². The number of hydrazone groups is 1. The average Bonchev–Trinajstić information content (AvgIpc) is 3.17. The van der Waals surface area contributed by atoms with Crippen LogP contribution in [-0.4, -0.2) is 29.2 Å². The molecule has 0 spiro atoms. The number of amides is 1. The number of hydrogen-bond acceptors (Lipinski definition) is 4. The molecule has 4 aromatic rings. The lowest BCUT2D eigenvalue weighted by Crippen LogP contribution is -2.17. The molecule has 1 amide bonds. The summed E-state index contributed by atoms with van der Waals surface area (Å²) >= 11 is 5.94. The molecular weight excluding hydrogens is 388 g/mol. The molecule has 0 saturated carbocycles. The van der Waals surface area contributed by atoms with E-state index < -0.39 is 0 Å². The Balaban J connectivity index is 1.50. The highest BCUT2D eigenvalue weighted by atomic mass is 35.5. The van der Waals surface area contributed by atoms with Crippen molar-refractivity contribution in [2.75, 3.05) is 7.11 Å². The van der Waals surface area contributed by atoms with Crippen molar-refractivity contribution in [3.05, 3.63) is 82.9 Å². The molecule has 0 unspecified atom stereocenters. The summed E-state index contributed by atoms with van der Waals surface area (Å²) in [6.07, 6.45) is 1.56. The van der Waals surface area contributed by atoms with E-state index in [1.807, 2.05) is 48.5 Å². The first-order valence-corrected chi connectivity index (χ1v) is 9.23. The topological polar surface area (TPSA) is 79.4 Å². The first-order chi connectivity index (χ1) is 14.1. The molecule has 0 saturated heterocycles. The van der Waals surface area contributed by atoms with Crippen LogP contribution in [0.5, 0.6) is 5.75 Å². The molecule has 4 rings (SSSR count). The number of halogens is 1. The molecule has 29 heavy (non-hydrogen) atoms. The number of hydrogen-bond donors (Lipinski definition) is 2. The number of aromatic nitrogens is 2. The van der Waals surface area contributed by atoms with Crippen molar-refractivity contribution >= 4 is 34.8 Å². The number of methoxy groups -OCH3 is 1. The summed E-state index contributed by atoms with van der Waals surface area (Å²) in [7, 11) is 1.60. The van der Waals surface area contributed by atoms with Gasteiger partial charge in [-0.2, -0.15) is 5.10 Å². The predicted octanol–water partition coefficient (Wildman–Crippen LogP) is 4.66. The van der Waals surface area contributed by atoms with E-state index in [4.69, 9.17) is 16.3 Å². The zero-order chi connectivity index (χ0) is 20.2. The normalized spacial score (nSPS) is 11.1. The number of benzene rings is 3. The molecule has 2 N–H and O–H groups in total. The van der Waals surface area contributed by atoms with Gasteiger partial charge in [-0.3, -0.25) is 4.79 Å². The van der Waals surface area contributed by atoms with Gasteiger partial charge in [0.1, 0.15) is 11.6 Å². The van der Waals surface area contributed by atoms with Crippen molar-refractivity contribution < 1.29 is 9.53 Å². The summed E-state index contributed by atoms with van der Waals surface area (Å²) < 4.78 is 5.17. The third-order valence-corrected chi connectivity index (χ3v) is 4.59. The van der Waals surface area contributed by atoms with Gasteiger partial charge in [-0.1, -0.05) is 23.7 Å². The Morgan fingerprint density at radius 3 is 2.76 bits per heavy atom. The third-order valence-electron chi connectivity index (χ3n) is 4.34. The van der Waals surface area contributed by atoms with Crippen LogP contribution in [0.15, 0.2) is 71.8 Å². The number of fused-ring (bicyclic) bond motifs is 1. The van der Waals surface area contributed by atoms with Gasteiger partial charge in [-0.15, -0.1) is 0 Å². The second-order valence-electron chi connectivity index (χ2n) is 6.30. The van der Waals surface area contributed by atoms with Crippen LogP contribution in [0.2, 0.25) is 5.02 Å². The Kier molecular flexibility index (Phi) is 5.27. The fraction of sp³-hybridized carbons (Fsp3) is 0.0455. The van der Waals surface area contributed by atoms with E-state index in [1.165, 1.54) is 0 Å². The van der Waals surface area contributed by atoms with Crippen LogP contribution in [0, 0.1) is 0 Å². The van der Waals surface area contributed by atoms with Crippen LogP contribution in [0.25, 0.3) is 22.4 Å². The molecule has 0 aliphatic carbocycles. The highest BCUT2D eigenvalue weighted by Gasteiger charge is 2.09. The number of ether oxygens (including phenoxy) is 1. The Labute approximate surface area is 172 Å². The number of imidazole rings is 1. The maximum absolute atomic E-state index is 12.4. The van der Waals surface area contributed by atoms with Crippen LogP contribution in [0.4, 0.5) is 0 Å². The minimum absolute atomic E-state index is 0.311. The second-order valence-corrected chi connectivity index (χ2v) is 6.74. The molecule has 0 fully saturated rings. The number of nitrogens with one attached hydrogen (secondary N) is 2.